The molecule has 0 aromatic heterocycles. The Kier molecular flexibility index (Phi) is 16.2. The zero-order chi connectivity index (χ0) is 17.5. The molecule has 0 unspecified atom stereocenters. The number of phosphoric acid groups is 1. The summed E-state index contributed by atoms with van der Waals surface area (Å²) in [7, 11) is 0.0431. The normalized spacial score (nSPS) is 12.0. The van der Waals surface area contributed by atoms with E-state index in [1.54, 1.807) is 0 Å². The molecule has 22 heavy (non-hydrogen) atoms. The molecule has 0 bridgehead atoms. The molecule has 6 heteroatoms. The zero-order valence-electron chi connectivity index (χ0n) is 15.1. The van der Waals surface area contributed by atoms with Gasteiger partial charge in [0.1, 0.15) is 0 Å². The minimum atomic E-state index is -4.64. The molecule has 3 N–H and O–H groups in total. The van der Waals surface area contributed by atoms with Crippen molar-refractivity contribution in [3.05, 3.63) is 0 Å². The second-order valence-electron chi connectivity index (χ2n) is 6.67. The molecule has 5 nitrogen and oxygen atoms in total. The highest BCUT2D eigenvalue weighted by molar-refractivity contribution is 7.45. The van der Waals surface area contributed by atoms with Crippen LogP contribution in [0.25, 0.3) is 0 Å². The quantitative estimate of drug-likeness (QED) is 0.284. The Balaban J connectivity index is 0. The Morgan fingerprint density at radius 1 is 0.727 bits per heavy atom. The molecular weight excluding hydrogens is 301 g/mol. The van der Waals surface area contributed by atoms with Gasteiger partial charge in [-0.15, -0.1) is 0 Å². The predicted octanol–water partition coefficient (Wildman–Crippen LogP) is 4.08. The van der Waals surface area contributed by atoms with Crippen molar-refractivity contribution >= 4 is 7.82 Å². The molecule has 0 fully saturated rings. The summed E-state index contributed by atoms with van der Waals surface area (Å²) in [6.07, 6.45) is 14.4. The van der Waals surface area contributed by atoms with Crippen LogP contribution in [0, 0.1) is 0 Å². The van der Waals surface area contributed by atoms with Crippen LogP contribution in [0.15, 0.2) is 0 Å². The molecule has 0 saturated carbocycles. The van der Waals surface area contributed by atoms with Crippen LogP contribution < -0.4 is 0 Å². The molecule has 0 aromatic carbocycles. The van der Waals surface area contributed by atoms with Gasteiger partial charge in [0.05, 0.1) is 27.2 Å². The summed E-state index contributed by atoms with van der Waals surface area (Å²) < 4.78 is 10.1. The topological polar surface area (TPSA) is 77.8 Å². The smallest absolute Gasteiger partial charge is 0.329 e. The van der Waals surface area contributed by atoms with Crippen LogP contribution in [0.1, 0.15) is 78.1 Å². The Hall–Kier alpha value is 0.0700. The number of unbranched alkanes of at least 4 members (excludes halogenated alkanes) is 9. The van der Waals surface area contributed by atoms with E-state index in [4.69, 9.17) is 19.2 Å². The van der Waals surface area contributed by atoms with Crippen molar-refractivity contribution in [2.24, 2.45) is 0 Å². The molecular formula is C16H39NO4P+. The standard InChI is InChI=1S/C16H36N.H3O4P/c1-5-7-8-9-10-11-12-13-14-15-16-17(3,4)6-2;1-5(2,3)4/h5-16H2,1-4H3;(H3,1,2,3,4)/q+1;. The third-order valence-electron chi connectivity index (χ3n) is 3.97. The van der Waals surface area contributed by atoms with Crippen LogP contribution in [0.2, 0.25) is 0 Å². The van der Waals surface area contributed by atoms with E-state index in [2.05, 4.69) is 27.9 Å². The van der Waals surface area contributed by atoms with Crippen molar-refractivity contribution in [1.82, 2.24) is 0 Å². The van der Waals surface area contributed by atoms with Crippen LogP contribution in [0.5, 0.6) is 0 Å². The lowest BCUT2D eigenvalue weighted by Gasteiger charge is -2.28. The fraction of sp³-hybridized carbons (Fsp3) is 1.00. The Bertz CT molecular complexity index is 271. The maximum atomic E-state index is 8.88. The van der Waals surface area contributed by atoms with Crippen molar-refractivity contribution in [2.45, 2.75) is 78.1 Å². The van der Waals surface area contributed by atoms with Gasteiger partial charge in [-0.05, 0) is 19.8 Å². The molecule has 0 aromatic rings. The fourth-order valence-corrected chi connectivity index (χ4v) is 2.19. The monoisotopic (exact) mass is 340 g/mol. The van der Waals surface area contributed by atoms with Crippen molar-refractivity contribution in [1.29, 1.82) is 0 Å². The van der Waals surface area contributed by atoms with Crippen molar-refractivity contribution in [2.75, 3.05) is 27.2 Å². The van der Waals surface area contributed by atoms with E-state index in [0.717, 1.165) is 0 Å². The lowest BCUT2D eigenvalue weighted by Crippen LogP contribution is -2.39. The summed E-state index contributed by atoms with van der Waals surface area (Å²) in [6, 6.07) is 0. The van der Waals surface area contributed by atoms with E-state index in [1.165, 1.54) is 81.8 Å². The Labute approximate surface area is 137 Å². The van der Waals surface area contributed by atoms with E-state index in [1.807, 2.05) is 0 Å². The number of hydrogen-bond donors (Lipinski definition) is 3. The van der Waals surface area contributed by atoms with Crippen LogP contribution in [0.4, 0.5) is 0 Å². The van der Waals surface area contributed by atoms with Gasteiger partial charge in [0, 0.05) is 0 Å². The van der Waals surface area contributed by atoms with Crippen molar-refractivity contribution in [3.8, 4) is 0 Å². The number of nitrogens with zero attached hydrogens (tertiary/aromatic N) is 1. The first-order chi connectivity index (χ1) is 10.1. The highest BCUT2D eigenvalue weighted by atomic mass is 31.2. The molecule has 0 heterocycles. The SMILES string of the molecule is CCCCCCCCCCCC[N+](C)(C)CC.O=P(O)(O)O. The van der Waals surface area contributed by atoms with Crippen LogP contribution >= 0.6 is 7.82 Å². The van der Waals surface area contributed by atoms with Gasteiger partial charge in [-0.25, -0.2) is 4.57 Å². The first-order valence-corrected chi connectivity index (χ1v) is 10.3. The Morgan fingerprint density at radius 3 is 1.36 bits per heavy atom. The summed E-state index contributed by atoms with van der Waals surface area (Å²) in [5.41, 5.74) is 0. The molecule has 0 radical (unpaired) electrons. The minimum Gasteiger partial charge on any atom is -0.329 e. The molecule has 0 amide bonds. The van der Waals surface area contributed by atoms with Gasteiger partial charge in [-0.1, -0.05) is 58.3 Å². The molecule has 0 aliphatic heterocycles. The van der Waals surface area contributed by atoms with Gasteiger partial charge in [-0.3, -0.25) is 0 Å². The van der Waals surface area contributed by atoms with E-state index in [9.17, 15) is 0 Å². The second kappa shape index (κ2) is 14.6. The fourth-order valence-electron chi connectivity index (χ4n) is 2.19. The molecule has 0 atom stereocenters. The second-order valence-corrected chi connectivity index (χ2v) is 7.70. The van der Waals surface area contributed by atoms with E-state index < -0.39 is 7.82 Å². The number of hydrogen-bond acceptors (Lipinski definition) is 1. The van der Waals surface area contributed by atoms with Gasteiger partial charge < -0.3 is 19.2 Å². The van der Waals surface area contributed by atoms with Crippen LogP contribution in [-0.4, -0.2) is 46.3 Å². The average molecular weight is 340 g/mol. The van der Waals surface area contributed by atoms with E-state index >= 15 is 0 Å². The largest absolute Gasteiger partial charge is 0.466 e. The summed E-state index contributed by atoms with van der Waals surface area (Å²) in [5.74, 6) is 0. The first-order valence-electron chi connectivity index (χ1n) is 8.72. The summed E-state index contributed by atoms with van der Waals surface area (Å²) in [4.78, 5) is 21.6. The highest BCUT2D eigenvalue weighted by Crippen LogP contribution is 2.25. The zero-order valence-corrected chi connectivity index (χ0v) is 16.0. The minimum absolute atomic E-state index is 1.19. The third kappa shape index (κ3) is 28.3. The van der Waals surface area contributed by atoms with E-state index in [-0.39, 0.29) is 0 Å². The number of quaternary nitrogens is 1. The van der Waals surface area contributed by atoms with Gasteiger partial charge in [-0.2, -0.15) is 0 Å². The van der Waals surface area contributed by atoms with Gasteiger partial charge >= 0.3 is 7.82 Å². The van der Waals surface area contributed by atoms with Crippen molar-refractivity contribution in [3.63, 3.8) is 0 Å². The Morgan fingerprint density at radius 2 is 1.05 bits per heavy atom. The van der Waals surface area contributed by atoms with Crippen LogP contribution in [-0.2, 0) is 4.57 Å². The maximum Gasteiger partial charge on any atom is 0.466 e. The molecule has 0 aliphatic rings. The number of rotatable bonds is 12. The molecule has 0 rings (SSSR count). The maximum absolute atomic E-state index is 8.88. The lowest BCUT2D eigenvalue weighted by molar-refractivity contribution is -0.888. The molecule has 0 saturated heterocycles. The van der Waals surface area contributed by atoms with Crippen molar-refractivity contribution < 1.29 is 23.7 Å². The van der Waals surface area contributed by atoms with Gasteiger partial charge in [0.15, 0.2) is 0 Å². The van der Waals surface area contributed by atoms with Crippen LogP contribution in [0.3, 0.4) is 0 Å². The summed E-state index contributed by atoms with van der Waals surface area (Å²) >= 11 is 0. The van der Waals surface area contributed by atoms with Gasteiger partial charge in [0.2, 0.25) is 0 Å². The first kappa shape index (κ1) is 24.3. The summed E-state index contributed by atoms with van der Waals surface area (Å²) in [5, 5.41) is 0. The molecule has 136 valence electrons. The van der Waals surface area contributed by atoms with E-state index in [0.29, 0.717) is 0 Å². The average Bonchev–Trinajstić information content (AvgIpc) is 2.39. The third-order valence-corrected chi connectivity index (χ3v) is 3.97. The molecule has 0 spiro atoms. The van der Waals surface area contributed by atoms with Gasteiger partial charge in [0.25, 0.3) is 0 Å². The lowest BCUT2D eigenvalue weighted by atomic mass is 10.1. The predicted molar refractivity (Wildman–Crippen MR) is 93.6 cm³/mol. The summed E-state index contributed by atoms with van der Waals surface area (Å²) in [6.45, 7) is 7.19. The highest BCUT2D eigenvalue weighted by Gasteiger charge is 2.09. The molecule has 0 aliphatic carbocycles.